The Morgan fingerprint density at radius 2 is 2.18 bits per heavy atom. The summed E-state index contributed by atoms with van der Waals surface area (Å²) in [4.78, 5) is 0. The topological polar surface area (TPSA) is 40.5 Å². The standard InChI is InChI=1S/C9H14O2/c10-5-9(6-11)4-7-1-2-8(9)3-7/h1,8,10-11H,2-6H2. The van der Waals surface area contributed by atoms with E-state index >= 15 is 0 Å². The zero-order valence-corrected chi connectivity index (χ0v) is 6.58. The number of hydrogen-bond acceptors (Lipinski definition) is 2. The molecule has 0 radical (unpaired) electrons. The van der Waals surface area contributed by atoms with Crippen LogP contribution < -0.4 is 0 Å². The van der Waals surface area contributed by atoms with Crippen molar-refractivity contribution in [2.24, 2.45) is 11.3 Å². The van der Waals surface area contributed by atoms with Crippen molar-refractivity contribution in [2.75, 3.05) is 13.2 Å². The van der Waals surface area contributed by atoms with Crippen LogP contribution in [0.5, 0.6) is 0 Å². The van der Waals surface area contributed by atoms with Crippen LogP contribution in [0.15, 0.2) is 11.6 Å². The molecule has 2 heteroatoms. The first kappa shape index (κ1) is 7.32. The molecule has 2 aliphatic rings. The lowest BCUT2D eigenvalue weighted by molar-refractivity contribution is 0.0229. The summed E-state index contributed by atoms with van der Waals surface area (Å²) in [5.41, 5.74) is 1.28. The largest absolute Gasteiger partial charge is 0.396 e. The fraction of sp³-hybridized carbons (Fsp3) is 0.778. The lowest BCUT2D eigenvalue weighted by Crippen LogP contribution is -2.34. The van der Waals surface area contributed by atoms with E-state index in [-0.39, 0.29) is 18.6 Å². The van der Waals surface area contributed by atoms with Gasteiger partial charge in [-0.25, -0.2) is 0 Å². The third-order valence-electron chi connectivity index (χ3n) is 3.27. The quantitative estimate of drug-likeness (QED) is 0.575. The molecule has 62 valence electrons. The second-order valence-corrected chi connectivity index (χ2v) is 3.85. The Hall–Kier alpha value is -0.340. The summed E-state index contributed by atoms with van der Waals surface area (Å²) in [7, 11) is 0. The van der Waals surface area contributed by atoms with Crippen LogP contribution in [0.25, 0.3) is 0 Å². The Morgan fingerprint density at radius 3 is 2.45 bits per heavy atom. The van der Waals surface area contributed by atoms with Crippen molar-refractivity contribution in [3.05, 3.63) is 11.6 Å². The van der Waals surface area contributed by atoms with Gasteiger partial charge in [0.25, 0.3) is 0 Å². The molecule has 0 heterocycles. The van der Waals surface area contributed by atoms with E-state index < -0.39 is 0 Å². The highest BCUT2D eigenvalue weighted by Crippen LogP contribution is 2.52. The van der Waals surface area contributed by atoms with Gasteiger partial charge in [0.15, 0.2) is 0 Å². The number of hydrogen-bond donors (Lipinski definition) is 2. The molecule has 0 aromatic heterocycles. The van der Waals surface area contributed by atoms with Crippen molar-refractivity contribution in [1.82, 2.24) is 0 Å². The van der Waals surface area contributed by atoms with Gasteiger partial charge >= 0.3 is 0 Å². The summed E-state index contributed by atoms with van der Waals surface area (Å²) in [5.74, 6) is 0.521. The van der Waals surface area contributed by atoms with Gasteiger partial charge in [-0.2, -0.15) is 0 Å². The minimum Gasteiger partial charge on any atom is -0.396 e. The van der Waals surface area contributed by atoms with Crippen molar-refractivity contribution >= 4 is 0 Å². The molecule has 0 aliphatic heterocycles. The molecule has 2 nitrogen and oxygen atoms in total. The molecule has 0 aromatic carbocycles. The van der Waals surface area contributed by atoms with E-state index in [2.05, 4.69) is 6.08 Å². The van der Waals surface area contributed by atoms with Gasteiger partial charge in [0.1, 0.15) is 0 Å². The van der Waals surface area contributed by atoms with E-state index in [1.54, 1.807) is 0 Å². The Balaban J connectivity index is 2.22. The predicted molar refractivity (Wildman–Crippen MR) is 42.0 cm³/mol. The highest BCUT2D eigenvalue weighted by molar-refractivity contribution is 5.22. The first-order chi connectivity index (χ1) is 5.30. The molecule has 1 atom stereocenters. The maximum Gasteiger partial charge on any atom is 0.0515 e. The SMILES string of the molecule is OCC1(CO)CC2=CCC1C2. The first-order valence-corrected chi connectivity index (χ1v) is 4.20. The van der Waals surface area contributed by atoms with Gasteiger partial charge in [-0.05, 0) is 25.2 Å². The Bertz CT molecular complexity index is 192. The molecule has 0 spiro atoms. The van der Waals surface area contributed by atoms with Gasteiger partial charge in [-0.3, -0.25) is 0 Å². The van der Waals surface area contributed by atoms with Crippen LogP contribution in [-0.2, 0) is 0 Å². The van der Waals surface area contributed by atoms with E-state index in [1.165, 1.54) is 5.57 Å². The van der Waals surface area contributed by atoms with Crippen LogP contribution in [0.2, 0.25) is 0 Å². The van der Waals surface area contributed by atoms with Crippen molar-refractivity contribution in [2.45, 2.75) is 19.3 Å². The van der Waals surface area contributed by atoms with E-state index in [0.29, 0.717) is 5.92 Å². The van der Waals surface area contributed by atoms with Crippen LogP contribution in [0.3, 0.4) is 0 Å². The molecule has 2 bridgehead atoms. The average molecular weight is 154 g/mol. The summed E-state index contributed by atoms with van der Waals surface area (Å²) in [5, 5.41) is 18.3. The van der Waals surface area contributed by atoms with E-state index in [9.17, 15) is 0 Å². The molecule has 1 unspecified atom stereocenters. The smallest absolute Gasteiger partial charge is 0.0515 e. The molecule has 0 saturated heterocycles. The normalized spacial score (nSPS) is 32.5. The van der Waals surface area contributed by atoms with Crippen LogP contribution in [0.4, 0.5) is 0 Å². The van der Waals surface area contributed by atoms with Crippen molar-refractivity contribution in [1.29, 1.82) is 0 Å². The summed E-state index contributed by atoms with van der Waals surface area (Å²) >= 11 is 0. The lowest BCUT2D eigenvalue weighted by atomic mass is 9.76. The zero-order valence-electron chi connectivity index (χ0n) is 6.58. The van der Waals surface area contributed by atoms with E-state index in [1.807, 2.05) is 0 Å². The third kappa shape index (κ3) is 0.861. The van der Waals surface area contributed by atoms with Gasteiger partial charge in [0.05, 0.1) is 13.2 Å². The number of aliphatic hydroxyl groups excluding tert-OH is 2. The monoisotopic (exact) mass is 154 g/mol. The van der Waals surface area contributed by atoms with Crippen LogP contribution >= 0.6 is 0 Å². The zero-order chi connectivity index (χ0) is 7.90. The van der Waals surface area contributed by atoms with Crippen molar-refractivity contribution in [3.63, 3.8) is 0 Å². The minimum atomic E-state index is -0.163. The molecule has 11 heavy (non-hydrogen) atoms. The molecule has 0 aromatic rings. The summed E-state index contributed by atoms with van der Waals surface area (Å²) in [6, 6.07) is 0. The number of allylic oxidation sites excluding steroid dienone is 2. The number of fused-ring (bicyclic) bond motifs is 2. The fourth-order valence-corrected chi connectivity index (χ4v) is 2.42. The fourth-order valence-electron chi connectivity index (χ4n) is 2.42. The summed E-state index contributed by atoms with van der Waals surface area (Å²) in [6.45, 7) is 0.289. The highest BCUT2D eigenvalue weighted by atomic mass is 16.3. The molecule has 1 saturated carbocycles. The van der Waals surface area contributed by atoms with Gasteiger partial charge in [0.2, 0.25) is 0 Å². The minimum absolute atomic E-state index is 0.144. The summed E-state index contributed by atoms with van der Waals surface area (Å²) in [6.07, 6.45) is 5.36. The van der Waals surface area contributed by atoms with Crippen LogP contribution in [0, 0.1) is 11.3 Å². The third-order valence-corrected chi connectivity index (χ3v) is 3.27. The number of aliphatic hydroxyl groups is 2. The van der Waals surface area contributed by atoms with Gasteiger partial charge < -0.3 is 10.2 Å². The van der Waals surface area contributed by atoms with Gasteiger partial charge in [-0.15, -0.1) is 0 Å². The Morgan fingerprint density at radius 1 is 1.45 bits per heavy atom. The van der Waals surface area contributed by atoms with E-state index in [0.717, 1.165) is 19.3 Å². The number of rotatable bonds is 2. The van der Waals surface area contributed by atoms with Gasteiger partial charge in [0, 0.05) is 5.41 Å². The molecular formula is C9H14O2. The molecular weight excluding hydrogens is 140 g/mol. The maximum atomic E-state index is 9.15. The Labute approximate surface area is 66.5 Å². The molecule has 2 aliphatic carbocycles. The Kier molecular flexibility index (Phi) is 1.55. The summed E-state index contributed by atoms with van der Waals surface area (Å²) < 4.78 is 0. The predicted octanol–water partition coefficient (Wildman–Crippen LogP) is 0.698. The van der Waals surface area contributed by atoms with Gasteiger partial charge in [-0.1, -0.05) is 11.6 Å². The second-order valence-electron chi connectivity index (χ2n) is 3.85. The molecule has 0 amide bonds. The first-order valence-electron chi connectivity index (χ1n) is 4.20. The molecule has 2 rings (SSSR count). The lowest BCUT2D eigenvalue weighted by Gasteiger charge is -2.31. The van der Waals surface area contributed by atoms with Crippen LogP contribution in [-0.4, -0.2) is 23.4 Å². The molecule has 2 N–H and O–H groups in total. The molecule has 1 fully saturated rings. The highest BCUT2D eigenvalue weighted by Gasteiger charge is 2.46. The average Bonchev–Trinajstić information content (AvgIpc) is 2.62. The second kappa shape index (κ2) is 2.32. The van der Waals surface area contributed by atoms with Crippen LogP contribution in [0.1, 0.15) is 19.3 Å². The maximum absolute atomic E-state index is 9.15. The van der Waals surface area contributed by atoms with Crippen molar-refractivity contribution in [3.8, 4) is 0 Å². The van der Waals surface area contributed by atoms with E-state index in [4.69, 9.17) is 10.2 Å². The van der Waals surface area contributed by atoms with Crippen molar-refractivity contribution < 1.29 is 10.2 Å².